The quantitative estimate of drug-likeness (QED) is 0.634. The maximum absolute atomic E-state index is 2.38. The van der Waals surface area contributed by atoms with Crippen LogP contribution in [0, 0.1) is 0 Å². The molecule has 1 atom stereocenters. The lowest BCUT2D eigenvalue weighted by molar-refractivity contribution is 0.567. The van der Waals surface area contributed by atoms with Gasteiger partial charge in [-0.2, -0.15) is 0 Å². The molecule has 0 saturated heterocycles. The van der Waals surface area contributed by atoms with Crippen LogP contribution in [0.25, 0.3) is 0 Å². The molecule has 0 aliphatic heterocycles. The Morgan fingerprint density at radius 2 is 1.22 bits per heavy atom. The molecule has 0 aromatic heterocycles. The topological polar surface area (TPSA) is 0 Å². The fourth-order valence-corrected chi connectivity index (χ4v) is 1.97. The summed E-state index contributed by atoms with van der Waals surface area (Å²) in [5.74, 6) is 0.522. The van der Waals surface area contributed by atoms with Gasteiger partial charge in [-0.3, -0.25) is 0 Å². The Hall–Kier alpha value is -0.715. The van der Waals surface area contributed by atoms with E-state index in [2.05, 4.69) is 80.8 Å². The average molecular weight is 243 g/mol. The van der Waals surface area contributed by atoms with Crippen LogP contribution in [0.2, 0.25) is 6.82 Å². The third kappa shape index (κ3) is 3.64. The molecule has 0 bridgehead atoms. The maximum atomic E-state index is 2.38. The van der Waals surface area contributed by atoms with Crippen molar-refractivity contribution in [3.8, 4) is 0 Å². The smallest absolute Gasteiger partial charge is 0.0914 e. The number of benzene rings is 1. The first-order valence-electron chi connectivity index (χ1n) is 7.01. The highest BCUT2D eigenvalue weighted by atomic mass is 14.2. The Morgan fingerprint density at radius 1 is 0.833 bits per heavy atom. The van der Waals surface area contributed by atoms with Gasteiger partial charge in [0.2, 0.25) is 0 Å². The summed E-state index contributed by atoms with van der Waals surface area (Å²) < 4.78 is 0. The fourth-order valence-electron chi connectivity index (χ4n) is 1.97. The van der Waals surface area contributed by atoms with Gasteiger partial charge < -0.3 is 0 Å². The molecule has 0 saturated carbocycles. The summed E-state index contributed by atoms with van der Waals surface area (Å²) in [6, 6.07) is 7.13. The van der Waals surface area contributed by atoms with E-state index in [1.165, 1.54) is 16.7 Å². The summed E-state index contributed by atoms with van der Waals surface area (Å²) >= 11 is 0. The van der Waals surface area contributed by atoms with E-state index >= 15 is 0 Å². The van der Waals surface area contributed by atoms with Gasteiger partial charge in [-0.05, 0) is 27.8 Å². The maximum Gasteiger partial charge on any atom is 0.115 e. The molecule has 0 spiro atoms. The van der Waals surface area contributed by atoms with Gasteiger partial charge in [0.15, 0.2) is 0 Å². The first-order valence-corrected chi connectivity index (χ1v) is 7.01. The van der Waals surface area contributed by atoms with Crippen molar-refractivity contribution in [3.05, 3.63) is 34.9 Å². The van der Waals surface area contributed by atoms with E-state index < -0.39 is 0 Å². The van der Waals surface area contributed by atoms with Crippen LogP contribution >= 0.6 is 0 Å². The lowest BCUT2D eigenvalue weighted by Crippen LogP contribution is -2.18. The van der Waals surface area contributed by atoms with Crippen LogP contribution in [0.1, 0.15) is 71.0 Å². The second-order valence-corrected chi connectivity index (χ2v) is 7.47. The minimum absolute atomic E-state index is 0.212. The molecular formula is C17H28B. The predicted molar refractivity (Wildman–Crippen MR) is 83.9 cm³/mol. The molecule has 18 heavy (non-hydrogen) atoms. The number of rotatable bonds is 2. The number of hydrogen-bond acceptors (Lipinski definition) is 0. The molecule has 0 nitrogen and oxygen atoms in total. The van der Waals surface area contributed by atoms with E-state index in [9.17, 15) is 0 Å². The lowest BCUT2D eigenvalue weighted by Gasteiger charge is -2.27. The van der Waals surface area contributed by atoms with E-state index in [4.69, 9.17) is 0 Å². The van der Waals surface area contributed by atoms with E-state index in [1.807, 2.05) is 0 Å². The fraction of sp³-hybridized carbons (Fsp3) is 0.647. The molecular weight excluding hydrogens is 215 g/mol. The molecule has 0 aliphatic rings. The highest BCUT2D eigenvalue weighted by molar-refractivity contribution is 6.35. The van der Waals surface area contributed by atoms with Crippen molar-refractivity contribution in [3.63, 3.8) is 0 Å². The van der Waals surface area contributed by atoms with Crippen molar-refractivity contribution in [2.45, 2.75) is 71.9 Å². The van der Waals surface area contributed by atoms with Crippen molar-refractivity contribution >= 4 is 7.28 Å². The Bertz CT molecular complexity index is 372. The van der Waals surface area contributed by atoms with Crippen LogP contribution in [0.5, 0.6) is 0 Å². The van der Waals surface area contributed by atoms with Crippen LogP contribution in [-0.4, -0.2) is 7.28 Å². The van der Waals surface area contributed by atoms with Crippen LogP contribution in [0.3, 0.4) is 0 Å². The SMILES string of the molecule is C[B]C(C)c1cc(C(C)(C)C)cc(C(C)(C)C)c1. The van der Waals surface area contributed by atoms with Gasteiger partial charge in [0.1, 0.15) is 7.28 Å². The van der Waals surface area contributed by atoms with Gasteiger partial charge in [-0.25, -0.2) is 0 Å². The van der Waals surface area contributed by atoms with E-state index in [0.717, 1.165) is 0 Å². The first-order chi connectivity index (χ1) is 8.05. The highest BCUT2D eigenvalue weighted by Crippen LogP contribution is 2.32. The summed E-state index contributed by atoms with van der Waals surface area (Å²) in [7, 11) is 2.27. The van der Waals surface area contributed by atoms with Crippen molar-refractivity contribution in [2.75, 3.05) is 0 Å². The summed E-state index contributed by atoms with van der Waals surface area (Å²) in [4.78, 5) is 0. The molecule has 1 heteroatoms. The largest absolute Gasteiger partial charge is 0.115 e. The Kier molecular flexibility index (Phi) is 4.36. The first kappa shape index (κ1) is 15.3. The van der Waals surface area contributed by atoms with E-state index in [0.29, 0.717) is 5.82 Å². The van der Waals surface area contributed by atoms with Gasteiger partial charge in [0, 0.05) is 0 Å². The van der Waals surface area contributed by atoms with Crippen LogP contribution in [0.4, 0.5) is 0 Å². The van der Waals surface area contributed by atoms with Crippen LogP contribution in [0.15, 0.2) is 18.2 Å². The molecule has 99 valence electrons. The lowest BCUT2D eigenvalue weighted by atomic mass is 9.63. The van der Waals surface area contributed by atoms with E-state index in [-0.39, 0.29) is 10.8 Å². The third-order valence-electron chi connectivity index (χ3n) is 3.71. The van der Waals surface area contributed by atoms with Crippen LogP contribution < -0.4 is 0 Å². The second kappa shape index (κ2) is 5.11. The minimum atomic E-state index is 0.212. The highest BCUT2D eigenvalue weighted by Gasteiger charge is 2.21. The Labute approximate surface area is 114 Å². The molecule has 1 radical (unpaired) electrons. The summed E-state index contributed by atoms with van der Waals surface area (Å²) in [5.41, 5.74) is 4.75. The predicted octanol–water partition coefficient (Wildman–Crippen LogP) is 5.09. The van der Waals surface area contributed by atoms with Gasteiger partial charge in [0.05, 0.1) is 0 Å². The second-order valence-electron chi connectivity index (χ2n) is 7.47. The monoisotopic (exact) mass is 243 g/mol. The van der Waals surface area contributed by atoms with Crippen molar-refractivity contribution in [2.24, 2.45) is 0 Å². The molecule has 0 amide bonds. The van der Waals surface area contributed by atoms with Crippen LogP contribution in [-0.2, 0) is 10.8 Å². The molecule has 0 heterocycles. The minimum Gasteiger partial charge on any atom is -0.0914 e. The van der Waals surface area contributed by atoms with E-state index in [1.54, 1.807) is 0 Å². The Balaban J connectivity index is 3.39. The zero-order valence-corrected chi connectivity index (χ0v) is 13.4. The van der Waals surface area contributed by atoms with Crippen molar-refractivity contribution in [1.29, 1.82) is 0 Å². The zero-order chi connectivity index (χ0) is 14.1. The zero-order valence-electron chi connectivity index (χ0n) is 13.4. The van der Waals surface area contributed by atoms with Crippen molar-refractivity contribution in [1.82, 2.24) is 0 Å². The number of hydrogen-bond donors (Lipinski definition) is 0. The average Bonchev–Trinajstić information content (AvgIpc) is 2.25. The van der Waals surface area contributed by atoms with Gasteiger partial charge in [-0.15, -0.1) is 0 Å². The normalized spacial score (nSPS) is 14.4. The van der Waals surface area contributed by atoms with Crippen molar-refractivity contribution < 1.29 is 0 Å². The molecule has 0 N–H and O–H groups in total. The molecule has 1 rings (SSSR count). The van der Waals surface area contributed by atoms with Gasteiger partial charge >= 0.3 is 0 Å². The summed E-state index contributed by atoms with van der Waals surface area (Å²) in [6.45, 7) is 18.2. The Morgan fingerprint density at radius 3 is 1.50 bits per heavy atom. The van der Waals surface area contributed by atoms with Gasteiger partial charge in [-0.1, -0.05) is 79.1 Å². The molecule has 1 unspecified atom stereocenters. The molecule has 0 aliphatic carbocycles. The molecule has 1 aromatic rings. The molecule has 0 fully saturated rings. The third-order valence-corrected chi connectivity index (χ3v) is 3.71. The standard InChI is InChI=1S/C17H28B/c1-12(18-8)13-9-14(16(2,3)4)11-15(10-13)17(5,6)7/h9-12H,1-8H3. The summed E-state index contributed by atoms with van der Waals surface area (Å²) in [5, 5.41) is 0. The summed E-state index contributed by atoms with van der Waals surface area (Å²) in [6.07, 6.45) is 0. The molecule has 1 aromatic carbocycles. The van der Waals surface area contributed by atoms with Gasteiger partial charge in [0.25, 0.3) is 0 Å².